The van der Waals surface area contributed by atoms with E-state index < -0.39 is 0 Å². The van der Waals surface area contributed by atoms with Gasteiger partial charge in [0, 0.05) is 24.3 Å². The Balaban J connectivity index is 0.00000121. The molecule has 0 unspecified atom stereocenters. The van der Waals surface area contributed by atoms with Gasteiger partial charge in [-0.3, -0.25) is 0 Å². The Bertz CT molecular complexity index is 336. The van der Waals surface area contributed by atoms with E-state index in [0.717, 1.165) is 21.3 Å². The first-order valence-electron chi connectivity index (χ1n) is 5.53. The number of halogens is 1. The standard InChI is InChI=1S/C11H15BrO3.C2H6/c1-7-9(11(14-3)15-4)5-8(12)6-10(7)13-2;1-2/h5-6,11H,1-4H3;1-2H3. The van der Waals surface area contributed by atoms with E-state index in [1.54, 1.807) is 21.3 Å². The Morgan fingerprint density at radius 3 is 2.00 bits per heavy atom. The van der Waals surface area contributed by atoms with Crippen LogP contribution >= 0.6 is 15.9 Å². The van der Waals surface area contributed by atoms with E-state index in [1.165, 1.54) is 0 Å². The molecule has 1 aromatic rings. The zero-order chi connectivity index (χ0) is 13.4. The van der Waals surface area contributed by atoms with Crippen LogP contribution in [0, 0.1) is 6.92 Å². The second-order valence-electron chi connectivity index (χ2n) is 3.13. The SMILES string of the molecule is CC.COc1cc(Br)cc(C(OC)OC)c1C. The summed E-state index contributed by atoms with van der Waals surface area (Å²) in [5, 5.41) is 0. The molecule has 0 atom stereocenters. The molecule has 0 fully saturated rings. The second-order valence-corrected chi connectivity index (χ2v) is 4.04. The fourth-order valence-corrected chi connectivity index (χ4v) is 1.94. The van der Waals surface area contributed by atoms with Crippen LogP contribution in [0.15, 0.2) is 16.6 Å². The molecule has 0 radical (unpaired) electrons. The van der Waals surface area contributed by atoms with Crippen LogP contribution in [0.5, 0.6) is 5.75 Å². The normalized spacial score (nSPS) is 9.88. The highest BCUT2D eigenvalue weighted by Gasteiger charge is 2.15. The molecule has 1 aromatic carbocycles. The summed E-state index contributed by atoms with van der Waals surface area (Å²) in [6, 6.07) is 3.89. The van der Waals surface area contributed by atoms with E-state index >= 15 is 0 Å². The lowest BCUT2D eigenvalue weighted by molar-refractivity contribution is -0.106. The summed E-state index contributed by atoms with van der Waals surface area (Å²) < 4.78 is 16.7. The van der Waals surface area contributed by atoms with Gasteiger partial charge in [0.1, 0.15) is 5.75 Å². The van der Waals surface area contributed by atoms with E-state index in [4.69, 9.17) is 14.2 Å². The van der Waals surface area contributed by atoms with Crippen molar-refractivity contribution in [3.63, 3.8) is 0 Å². The largest absolute Gasteiger partial charge is 0.496 e. The zero-order valence-electron chi connectivity index (χ0n) is 11.3. The summed E-state index contributed by atoms with van der Waals surface area (Å²) in [7, 11) is 4.87. The van der Waals surface area contributed by atoms with Gasteiger partial charge in [0.2, 0.25) is 0 Å². The molecule has 0 heterocycles. The van der Waals surface area contributed by atoms with Crippen LogP contribution in [0.3, 0.4) is 0 Å². The smallest absolute Gasteiger partial charge is 0.183 e. The Morgan fingerprint density at radius 2 is 1.59 bits per heavy atom. The van der Waals surface area contributed by atoms with Crippen LogP contribution in [0.4, 0.5) is 0 Å². The van der Waals surface area contributed by atoms with Gasteiger partial charge in [0.15, 0.2) is 6.29 Å². The highest BCUT2D eigenvalue weighted by atomic mass is 79.9. The quantitative estimate of drug-likeness (QED) is 0.784. The number of hydrogen-bond donors (Lipinski definition) is 0. The third-order valence-electron chi connectivity index (χ3n) is 2.27. The number of methoxy groups -OCH3 is 3. The van der Waals surface area contributed by atoms with Crippen molar-refractivity contribution in [1.29, 1.82) is 0 Å². The van der Waals surface area contributed by atoms with Gasteiger partial charge in [-0.1, -0.05) is 29.8 Å². The topological polar surface area (TPSA) is 27.7 Å². The van der Waals surface area contributed by atoms with Gasteiger partial charge >= 0.3 is 0 Å². The molecule has 3 nitrogen and oxygen atoms in total. The Hall–Kier alpha value is -0.580. The van der Waals surface area contributed by atoms with Crippen molar-refractivity contribution in [3.8, 4) is 5.75 Å². The number of ether oxygens (including phenoxy) is 3. The first-order chi connectivity index (χ1) is 8.13. The van der Waals surface area contributed by atoms with Crippen LogP contribution in [-0.4, -0.2) is 21.3 Å². The van der Waals surface area contributed by atoms with Crippen molar-refractivity contribution < 1.29 is 14.2 Å². The van der Waals surface area contributed by atoms with E-state index in [1.807, 2.05) is 32.9 Å². The molecule has 98 valence electrons. The molecular formula is C13H21BrO3. The minimum atomic E-state index is -0.364. The van der Waals surface area contributed by atoms with Gasteiger partial charge < -0.3 is 14.2 Å². The summed E-state index contributed by atoms with van der Waals surface area (Å²) in [4.78, 5) is 0. The maximum absolute atomic E-state index is 5.26. The van der Waals surface area contributed by atoms with Crippen molar-refractivity contribution >= 4 is 15.9 Å². The molecule has 0 saturated heterocycles. The Kier molecular flexibility index (Phi) is 8.21. The number of rotatable bonds is 4. The summed E-state index contributed by atoms with van der Waals surface area (Å²) in [5.41, 5.74) is 1.99. The molecule has 0 amide bonds. The van der Waals surface area contributed by atoms with Crippen LogP contribution in [-0.2, 0) is 9.47 Å². The lowest BCUT2D eigenvalue weighted by Crippen LogP contribution is -2.06. The van der Waals surface area contributed by atoms with Crippen molar-refractivity contribution in [1.82, 2.24) is 0 Å². The Labute approximate surface area is 112 Å². The van der Waals surface area contributed by atoms with Crippen LogP contribution < -0.4 is 4.74 Å². The molecule has 0 aliphatic carbocycles. The first kappa shape index (κ1) is 16.4. The lowest BCUT2D eigenvalue weighted by atomic mass is 10.1. The molecule has 0 spiro atoms. The highest BCUT2D eigenvalue weighted by Crippen LogP contribution is 2.31. The van der Waals surface area contributed by atoms with Gasteiger partial charge in [0.25, 0.3) is 0 Å². The predicted molar refractivity (Wildman–Crippen MR) is 73.5 cm³/mol. The molecule has 1 rings (SSSR count). The minimum Gasteiger partial charge on any atom is -0.496 e. The maximum Gasteiger partial charge on any atom is 0.183 e. The van der Waals surface area contributed by atoms with Crippen LogP contribution in [0.25, 0.3) is 0 Å². The van der Waals surface area contributed by atoms with Crippen LogP contribution in [0.1, 0.15) is 31.3 Å². The predicted octanol–water partition coefficient (Wildman–Crippen LogP) is 4.08. The van der Waals surface area contributed by atoms with Crippen molar-refractivity contribution in [2.75, 3.05) is 21.3 Å². The molecule has 0 bridgehead atoms. The fourth-order valence-electron chi connectivity index (χ4n) is 1.48. The monoisotopic (exact) mass is 304 g/mol. The van der Waals surface area contributed by atoms with Gasteiger partial charge in [0.05, 0.1) is 7.11 Å². The average Bonchev–Trinajstić information content (AvgIpc) is 2.37. The summed E-state index contributed by atoms with van der Waals surface area (Å²) in [6.07, 6.45) is -0.364. The Morgan fingerprint density at radius 1 is 1.06 bits per heavy atom. The third-order valence-corrected chi connectivity index (χ3v) is 2.72. The molecule has 0 aliphatic heterocycles. The van der Waals surface area contributed by atoms with Crippen molar-refractivity contribution in [2.45, 2.75) is 27.1 Å². The number of benzene rings is 1. The van der Waals surface area contributed by atoms with E-state index in [-0.39, 0.29) is 6.29 Å². The fraction of sp³-hybridized carbons (Fsp3) is 0.538. The zero-order valence-corrected chi connectivity index (χ0v) is 12.9. The van der Waals surface area contributed by atoms with Crippen molar-refractivity contribution in [3.05, 3.63) is 27.7 Å². The molecule has 0 saturated carbocycles. The maximum atomic E-state index is 5.26. The molecule has 0 aliphatic rings. The van der Waals surface area contributed by atoms with Gasteiger partial charge in [-0.2, -0.15) is 0 Å². The van der Waals surface area contributed by atoms with E-state index in [9.17, 15) is 0 Å². The van der Waals surface area contributed by atoms with Crippen molar-refractivity contribution in [2.24, 2.45) is 0 Å². The van der Waals surface area contributed by atoms with E-state index in [2.05, 4.69) is 15.9 Å². The first-order valence-corrected chi connectivity index (χ1v) is 6.33. The highest BCUT2D eigenvalue weighted by molar-refractivity contribution is 9.10. The molecular weight excluding hydrogens is 284 g/mol. The summed E-state index contributed by atoms with van der Waals surface area (Å²) in [6.45, 7) is 5.98. The lowest BCUT2D eigenvalue weighted by Gasteiger charge is -2.18. The number of hydrogen-bond acceptors (Lipinski definition) is 3. The molecule has 4 heteroatoms. The molecule has 0 aromatic heterocycles. The van der Waals surface area contributed by atoms with Gasteiger partial charge in [-0.15, -0.1) is 0 Å². The second kappa shape index (κ2) is 8.50. The van der Waals surface area contributed by atoms with Crippen LogP contribution in [0.2, 0.25) is 0 Å². The van der Waals surface area contributed by atoms with E-state index in [0.29, 0.717) is 0 Å². The van der Waals surface area contributed by atoms with Gasteiger partial charge in [-0.25, -0.2) is 0 Å². The minimum absolute atomic E-state index is 0.364. The summed E-state index contributed by atoms with van der Waals surface area (Å²) in [5.74, 6) is 0.818. The third kappa shape index (κ3) is 4.30. The summed E-state index contributed by atoms with van der Waals surface area (Å²) >= 11 is 3.42. The average molecular weight is 305 g/mol. The molecule has 0 N–H and O–H groups in total. The molecule has 17 heavy (non-hydrogen) atoms. The van der Waals surface area contributed by atoms with Gasteiger partial charge in [-0.05, 0) is 24.6 Å².